The van der Waals surface area contributed by atoms with Crippen molar-refractivity contribution in [3.63, 3.8) is 0 Å². The van der Waals surface area contributed by atoms with E-state index in [4.69, 9.17) is 11.0 Å². The van der Waals surface area contributed by atoms with E-state index in [0.717, 1.165) is 31.6 Å². The Balaban J connectivity index is 1.77. The molecule has 0 atom stereocenters. The zero-order valence-corrected chi connectivity index (χ0v) is 10.3. The SMILES string of the molecule is CN(CC1CCC1)C1CCC(N)(C#N)CC1. The van der Waals surface area contributed by atoms with Crippen LogP contribution in [0.3, 0.4) is 0 Å². The number of hydrogen-bond acceptors (Lipinski definition) is 3. The molecule has 0 aromatic rings. The molecule has 0 radical (unpaired) electrons. The number of nitrogens with two attached hydrogens (primary N) is 1. The van der Waals surface area contributed by atoms with Gasteiger partial charge in [-0.1, -0.05) is 6.42 Å². The van der Waals surface area contributed by atoms with E-state index < -0.39 is 5.54 Å². The summed E-state index contributed by atoms with van der Waals surface area (Å²) in [5.74, 6) is 0.936. The predicted octanol–water partition coefficient (Wildman–Crippen LogP) is 1.88. The van der Waals surface area contributed by atoms with Gasteiger partial charge in [0.1, 0.15) is 5.54 Å². The van der Waals surface area contributed by atoms with Crippen LogP contribution in [0.1, 0.15) is 44.9 Å². The fourth-order valence-electron chi connectivity index (χ4n) is 2.90. The van der Waals surface area contributed by atoms with Gasteiger partial charge in [0, 0.05) is 12.6 Å². The molecule has 0 saturated heterocycles. The minimum absolute atomic E-state index is 0.534. The minimum Gasteiger partial charge on any atom is -0.313 e. The van der Waals surface area contributed by atoms with E-state index in [-0.39, 0.29) is 0 Å². The van der Waals surface area contributed by atoms with Gasteiger partial charge in [-0.3, -0.25) is 0 Å². The van der Waals surface area contributed by atoms with E-state index in [0.29, 0.717) is 6.04 Å². The van der Waals surface area contributed by atoms with Gasteiger partial charge in [-0.25, -0.2) is 0 Å². The number of nitrogens with zero attached hydrogens (tertiary/aromatic N) is 2. The quantitative estimate of drug-likeness (QED) is 0.791. The first kappa shape index (κ1) is 11.9. The van der Waals surface area contributed by atoms with E-state index in [1.165, 1.54) is 25.8 Å². The molecule has 2 fully saturated rings. The van der Waals surface area contributed by atoms with Crippen LogP contribution in [0.2, 0.25) is 0 Å². The average Bonchev–Trinajstić information content (AvgIpc) is 2.24. The number of hydrogen-bond donors (Lipinski definition) is 1. The molecule has 0 unspecified atom stereocenters. The summed E-state index contributed by atoms with van der Waals surface area (Å²) in [4.78, 5) is 2.50. The second-order valence-electron chi connectivity index (χ2n) is 5.74. The van der Waals surface area contributed by atoms with Crippen molar-refractivity contribution >= 4 is 0 Å². The van der Waals surface area contributed by atoms with Crippen molar-refractivity contribution in [1.29, 1.82) is 5.26 Å². The maximum atomic E-state index is 8.98. The summed E-state index contributed by atoms with van der Waals surface area (Å²) in [6, 6.07) is 2.92. The van der Waals surface area contributed by atoms with Gasteiger partial charge in [0.2, 0.25) is 0 Å². The summed E-state index contributed by atoms with van der Waals surface area (Å²) in [7, 11) is 2.23. The van der Waals surface area contributed by atoms with Crippen molar-refractivity contribution in [3.05, 3.63) is 0 Å². The van der Waals surface area contributed by atoms with Crippen molar-refractivity contribution < 1.29 is 0 Å². The largest absolute Gasteiger partial charge is 0.313 e. The van der Waals surface area contributed by atoms with E-state index in [1.807, 2.05) is 0 Å². The monoisotopic (exact) mass is 221 g/mol. The normalized spacial score (nSPS) is 35.8. The summed E-state index contributed by atoms with van der Waals surface area (Å²) in [6.45, 7) is 1.24. The first-order chi connectivity index (χ1) is 7.63. The van der Waals surface area contributed by atoms with Gasteiger partial charge in [0.05, 0.1) is 6.07 Å². The molecule has 3 heteroatoms. The third-order valence-electron chi connectivity index (χ3n) is 4.46. The molecule has 2 N–H and O–H groups in total. The Labute approximate surface area is 98.6 Å². The smallest absolute Gasteiger partial charge is 0.104 e. The summed E-state index contributed by atoms with van der Waals surface area (Å²) in [5, 5.41) is 8.98. The van der Waals surface area contributed by atoms with Gasteiger partial charge < -0.3 is 10.6 Å². The van der Waals surface area contributed by atoms with Crippen molar-refractivity contribution in [1.82, 2.24) is 4.90 Å². The first-order valence-corrected chi connectivity index (χ1v) is 6.53. The molecule has 0 spiro atoms. The fraction of sp³-hybridized carbons (Fsp3) is 0.923. The Morgan fingerprint density at radius 3 is 2.38 bits per heavy atom. The molecule has 0 bridgehead atoms. The Kier molecular flexibility index (Phi) is 3.51. The molecule has 90 valence electrons. The Bertz CT molecular complexity index is 269. The predicted molar refractivity (Wildman–Crippen MR) is 64.8 cm³/mol. The molecule has 2 aliphatic carbocycles. The van der Waals surface area contributed by atoms with E-state index >= 15 is 0 Å². The second-order valence-corrected chi connectivity index (χ2v) is 5.74. The highest BCUT2D eigenvalue weighted by molar-refractivity contribution is 5.07. The van der Waals surface area contributed by atoms with Crippen LogP contribution in [0.25, 0.3) is 0 Å². The van der Waals surface area contributed by atoms with Crippen LogP contribution in [0.5, 0.6) is 0 Å². The molecule has 2 rings (SSSR count). The minimum atomic E-state index is -0.534. The summed E-state index contributed by atoms with van der Waals surface area (Å²) in [5.41, 5.74) is 5.45. The highest BCUT2D eigenvalue weighted by atomic mass is 15.1. The lowest BCUT2D eigenvalue weighted by molar-refractivity contribution is 0.123. The highest BCUT2D eigenvalue weighted by Crippen LogP contribution is 2.31. The van der Waals surface area contributed by atoms with E-state index in [2.05, 4.69) is 18.0 Å². The van der Waals surface area contributed by atoms with Crippen molar-refractivity contribution in [3.8, 4) is 6.07 Å². The Morgan fingerprint density at radius 1 is 1.31 bits per heavy atom. The molecular weight excluding hydrogens is 198 g/mol. The first-order valence-electron chi connectivity index (χ1n) is 6.53. The van der Waals surface area contributed by atoms with Crippen LogP contribution in [0.15, 0.2) is 0 Å². The summed E-state index contributed by atoms with van der Waals surface area (Å²) in [6.07, 6.45) is 8.16. The second kappa shape index (κ2) is 4.73. The van der Waals surface area contributed by atoms with Gasteiger partial charge in [-0.2, -0.15) is 5.26 Å². The Hall–Kier alpha value is -0.590. The molecular formula is C13H23N3. The molecule has 2 saturated carbocycles. The molecule has 0 heterocycles. The number of rotatable bonds is 3. The molecule has 2 aliphatic rings. The van der Waals surface area contributed by atoms with Crippen LogP contribution in [-0.2, 0) is 0 Å². The third kappa shape index (κ3) is 2.56. The van der Waals surface area contributed by atoms with Crippen LogP contribution in [0.4, 0.5) is 0 Å². The lowest BCUT2D eigenvalue weighted by Crippen LogP contribution is -2.47. The van der Waals surface area contributed by atoms with Crippen LogP contribution < -0.4 is 5.73 Å². The summed E-state index contributed by atoms with van der Waals surface area (Å²) >= 11 is 0. The van der Waals surface area contributed by atoms with E-state index in [9.17, 15) is 0 Å². The molecule has 0 amide bonds. The number of nitriles is 1. The van der Waals surface area contributed by atoms with Gasteiger partial charge in [-0.15, -0.1) is 0 Å². The van der Waals surface area contributed by atoms with Gasteiger partial charge in [0.25, 0.3) is 0 Å². The fourth-order valence-corrected chi connectivity index (χ4v) is 2.90. The average molecular weight is 221 g/mol. The standard InChI is InChI=1S/C13H23N3/c1-16(9-11-3-2-4-11)12-5-7-13(15,10-14)8-6-12/h11-12H,2-9,15H2,1H3. The maximum Gasteiger partial charge on any atom is 0.104 e. The third-order valence-corrected chi connectivity index (χ3v) is 4.46. The lowest BCUT2D eigenvalue weighted by Gasteiger charge is -2.39. The molecule has 16 heavy (non-hydrogen) atoms. The maximum absolute atomic E-state index is 8.98. The van der Waals surface area contributed by atoms with Gasteiger partial charge in [-0.05, 0) is 51.5 Å². The zero-order chi connectivity index (χ0) is 11.6. The van der Waals surface area contributed by atoms with E-state index in [1.54, 1.807) is 0 Å². The van der Waals surface area contributed by atoms with Crippen molar-refractivity contribution in [2.75, 3.05) is 13.6 Å². The van der Waals surface area contributed by atoms with Crippen LogP contribution in [0, 0.1) is 17.2 Å². The topological polar surface area (TPSA) is 53.0 Å². The van der Waals surface area contributed by atoms with Crippen LogP contribution >= 0.6 is 0 Å². The molecule has 0 aromatic carbocycles. The molecule has 0 aliphatic heterocycles. The van der Waals surface area contributed by atoms with Crippen molar-refractivity contribution in [2.24, 2.45) is 11.7 Å². The van der Waals surface area contributed by atoms with Crippen LogP contribution in [-0.4, -0.2) is 30.1 Å². The molecule has 3 nitrogen and oxygen atoms in total. The lowest BCUT2D eigenvalue weighted by atomic mass is 9.79. The molecule has 0 aromatic heterocycles. The Morgan fingerprint density at radius 2 is 1.94 bits per heavy atom. The highest BCUT2D eigenvalue weighted by Gasteiger charge is 2.33. The zero-order valence-electron chi connectivity index (χ0n) is 10.3. The van der Waals surface area contributed by atoms with Crippen molar-refractivity contribution in [2.45, 2.75) is 56.5 Å². The van der Waals surface area contributed by atoms with Gasteiger partial charge in [0.15, 0.2) is 0 Å². The van der Waals surface area contributed by atoms with Gasteiger partial charge >= 0.3 is 0 Å². The summed E-state index contributed by atoms with van der Waals surface area (Å²) < 4.78 is 0.